The lowest BCUT2D eigenvalue weighted by Gasteiger charge is -2.17. The Kier molecular flexibility index (Phi) is 3.88. The van der Waals surface area contributed by atoms with E-state index in [0.717, 1.165) is 16.0 Å². The molecule has 1 atom stereocenters. The summed E-state index contributed by atoms with van der Waals surface area (Å²) < 4.78 is 0. The van der Waals surface area contributed by atoms with E-state index in [-0.39, 0.29) is 0 Å². The van der Waals surface area contributed by atoms with Crippen LogP contribution in [0.4, 0.5) is 0 Å². The standard InChI is InChI=1S/C15H13ClO2S/c1-15(16,14(17)18)11-8-6-10(7-9-11)12-4-2-3-5-13(12)19/h2-9,19H,1H3,(H,17,18). The molecule has 0 aliphatic heterocycles. The number of carboxylic acid groups (broad SMARTS) is 1. The number of aliphatic carboxylic acids is 1. The summed E-state index contributed by atoms with van der Waals surface area (Å²) in [7, 11) is 0. The number of alkyl halides is 1. The van der Waals surface area contributed by atoms with Crippen molar-refractivity contribution < 1.29 is 9.90 Å². The molecule has 0 heterocycles. The molecule has 2 rings (SSSR count). The number of thiol groups is 1. The van der Waals surface area contributed by atoms with Gasteiger partial charge in [0.15, 0.2) is 4.87 Å². The minimum Gasteiger partial charge on any atom is -0.480 e. The molecule has 2 aromatic rings. The number of benzene rings is 2. The maximum atomic E-state index is 11.1. The van der Waals surface area contributed by atoms with E-state index in [2.05, 4.69) is 12.6 Å². The third-order valence-electron chi connectivity index (χ3n) is 3.04. The van der Waals surface area contributed by atoms with Crippen LogP contribution >= 0.6 is 24.2 Å². The summed E-state index contributed by atoms with van der Waals surface area (Å²) in [6.07, 6.45) is 0. The van der Waals surface area contributed by atoms with Gasteiger partial charge in [0.2, 0.25) is 0 Å². The fourth-order valence-corrected chi connectivity index (χ4v) is 2.22. The van der Waals surface area contributed by atoms with E-state index in [0.29, 0.717) is 5.56 Å². The monoisotopic (exact) mass is 292 g/mol. The van der Waals surface area contributed by atoms with Gasteiger partial charge in [-0.3, -0.25) is 0 Å². The molecule has 2 nitrogen and oxygen atoms in total. The molecule has 1 unspecified atom stereocenters. The highest BCUT2D eigenvalue weighted by Gasteiger charge is 2.32. The Balaban J connectivity index is 2.40. The third kappa shape index (κ3) is 2.77. The van der Waals surface area contributed by atoms with Crippen LogP contribution in [0.25, 0.3) is 11.1 Å². The van der Waals surface area contributed by atoms with Crippen molar-refractivity contribution in [2.75, 3.05) is 0 Å². The highest BCUT2D eigenvalue weighted by Crippen LogP contribution is 2.32. The van der Waals surface area contributed by atoms with Crippen molar-refractivity contribution in [2.45, 2.75) is 16.7 Å². The number of halogens is 1. The summed E-state index contributed by atoms with van der Waals surface area (Å²) in [5, 5.41) is 9.08. The van der Waals surface area contributed by atoms with Crippen molar-refractivity contribution in [3.05, 3.63) is 54.1 Å². The van der Waals surface area contributed by atoms with Crippen LogP contribution in [0.1, 0.15) is 12.5 Å². The average Bonchev–Trinajstić information content (AvgIpc) is 2.39. The Morgan fingerprint density at radius 2 is 1.74 bits per heavy atom. The summed E-state index contributed by atoms with van der Waals surface area (Å²) in [4.78, 5) is 10.6. The molecule has 0 saturated heterocycles. The van der Waals surface area contributed by atoms with Crippen LogP contribution < -0.4 is 0 Å². The predicted molar refractivity (Wildman–Crippen MR) is 80.0 cm³/mol. The van der Waals surface area contributed by atoms with E-state index in [1.807, 2.05) is 36.4 Å². The summed E-state index contributed by atoms with van der Waals surface area (Å²) in [5.74, 6) is -1.06. The second-order valence-electron chi connectivity index (χ2n) is 4.40. The summed E-state index contributed by atoms with van der Waals surface area (Å²) in [6.45, 7) is 1.47. The highest BCUT2D eigenvalue weighted by atomic mass is 35.5. The van der Waals surface area contributed by atoms with Gasteiger partial charge in [-0.15, -0.1) is 24.2 Å². The first-order valence-electron chi connectivity index (χ1n) is 5.74. The van der Waals surface area contributed by atoms with Gasteiger partial charge in [-0.25, -0.2) is 4.79 Å². The SMILES string of the molecule is CC(Cl)(C(=O)O)c1ccc(-c2ccccc2S)cc1. The lowest BCUT2D eigenvalue weighted by atomic mass is 9.97. The molecule has 0 saturated carbocycles. The molecule has 0 radical (unpaired) electrons. The van der Waals surface area contributed by atoms with E-state index in [1.54, 1.807) is 12.1 Å². The molecule has 19 heavy (non-hydrogen) atoms. The summed E-state index contributed by atoms with van der Waals surface area (Å²) in [5.41, 5.74) is 2.54. The van der Waals surface area contributed by atoms with Crippen LogP contribution in [0.5, 0.6) is 0 Å². The number of carboxylic acids is 1. The first kappa shape index (κ1) is 14.0. The van der Waals surface area contributed by atoms with Gasteiger partial charge < -0.3 is 5.11 Å². The van der Waals surface area contributed by atoms with Crippen LogP contribution in [0.2, 0.25) is 0 Å². The lowest BCUT2D eigenvalue weighted by molar-refractivity contribution is -0.139. The van der Waals surface area contributed by atoms with Crippen molar-refractivity contribution in [1.82, 2.24) is 0 Å². The second kappa shape index (κ2) is 5.27. The average molecular weight is 293 g/mol. The van der Waals surface area contributed by atoms with Crippen LogP contribution in [0, 0.1) is 0 Å². The van der Waals surface area contributed by atoms with Crippen molar-refractivity contribution in [2.24, 2.45) is 0 Å². The van der Waals surface area contributed by atoms with Crippen molar-refractivity contribution in [3.8, 4) is 11.1 Å². The van der Waals surface area contributed by atoms with Crippen LogP contribution in [0.3, 0.4) is 0 Å². The van der Waals surface area contributed by atoms with Gasteiger partial charge >= 0.3 is 5.97 Å². The molecule has 0 amide bonds. The normalized spacial score (nSPS) is 13.8. The molecular weight excluding hydrogens is 280 g/mol. The van der Waals surface area contributed by atoms with E-state index in [9.17, 15) is 4.79 Å². The predicted octanol–water partition coefficient (Wildman–Crippen LogP) is 4.18. The lowest BCUT2D eigenvalue weighted by Crippen LogP contribution is -2.25. The molecule has 0 aliphatic carbocycles. The van der Waals surface area contributed by atoms with Crippen LogP contribution in [-0.2, 0) is 9.67 Å². The van der Waals surface area contributed by atoms with Gasteiger partial charge in [0.05, 0.1) is 0 Å². The van der Waals surface area contributed by atoms with Crippen molar-refractivity contribution >= 4 is 30.2 Å². The number of carbonyl (C=O) groups is 1. The Bertz CT molecular complexity index is 606. The zero-order valence-corrected chi connectivity index (χ0v) is 11.9. The minimum atomic E-state index is -1.40. The van der Waals surface area contributed by atoms with Gasteiger partial charge in [0, 0.05) is 4.90 Å². The molecule has 0 bridgehead atoms. The maximum absolute atomic E-state index is 11.1. The van der Waals surface area contributed by atoms with E-state index in [1.165, 1.54) is 6.92 Å². The highest BCUT2D eigenvalue weighted by molar-refractivity contribution is 7.80. The Labute approximate surface area is 122 Å². The minimum absolute atomic E-state index is 0.557. The first-order chi connectivity index (χ1) is 8.93. The van der Waals surface area contributed by atoms with Crippen LogP contribution in [-0.4, -0.2) is 11.1 Å². The molecule has 98 valence electrons. The van der Waals surface area contributed by atoms with E-state index < -0.39 is 10.8 Å². The zero-order chi connectivity index (χ0) is 14.0. The molecule has 0 aliphatic rings. The second-order valence-corrected chi connectivity index (χ2v) is 5.64. The maximum Gasteiger partial charge on any atom is 0.329 e. The third-order valence-corrected chi connectivity index (χ3v) is 3.81. The van der Waals surface area contributed by atoms with Gasteiger partial charge in [-0.2, -0.15) is 0 Å². The number of rotatable bonds is 3. The van der Waals surface area contributed by atoms with Gasteiger partial charge in [-0.1, -0.05) is 42.5 Å². The van der Waals surface area contributed by atoms with Crippen LogP contribution in [0.15, 0.2) is 53.4 Å². The molecule has 1 N–H and O–H groups in total. The first-order valence-corrected chi connectivity index (χ1v) is 6.56. The quantitative estimate of drug-likeness (QED) is 0.658. The number of hydrogen-bond donors (Lipinski definition) is 2. The smallest absolute Gasteiger partial charge is 0.329 e. The van der Waals surface area contributed by atoms with E-state index >= 15 is 0 Å². The molecule has 0 fully saturated rings. The largest absolute Gasteiger partial charge is 0.480 e. The van der Waals surface area contributed by atoms with Gasteiger partial charge in [-0.05, 0) is 29.7 Å². The summed E-state index contributed by atoms with van der Waals surface area (Å²) in [6, 6.07) is 14.9. The molecule has 0 aromatic heterocycles. The zero-order valence-electron chi connectivity index (χ0n) is 10.3. The van der Waals surface area contributed by atoms with Gasteiger partial charge in [0.1, 0.15) is 0 Å². The number of hydrogen-bond acceptors (Lipinski definition) is 2. The molecular formula is C15H13ClO2S. The molecule has 0 spiro atoms. The Morgan fingerprint density at radius 1 is 1.16 bits per heavy atom. The Hall–Kier alpha value is -1.45. The Morgan fingerprint density at radius 3 is 2.26 bits per heavy atom. The fraction of sp³-hybridized carbons (Fsp3) is 0.133. The summed E-state index contributed by atoms with van der Waals surface area (Å²) >= 11 is 10.4. The fourth-order valence-electron chi connectivity index (χ4n) is 1.80. The van der Waals surface area contributed by atoms with Gasteiger partial charge in [0.25, 0.3) is 0 Å². The van der Waals surface area contributed by atoms with Crippen molar-refractivity contribution in [1.29, 1.82) is 0 Å². The van der Waals surface area contributed by atoms with E-state index in [4.69, 9.17) is 16.7 Å². The molecule has 2 aromatic carbocycles. The topological polar surface area (TPSA) is 37.3 Å². The molecule has 4 heteroatoms. The van der Waals surface area contributed by atoms with Crippen molar-refractivity contribution in [3.63, 3.8) is 0 Å².